The van der Waals surface area contributed by atoms with Gasteiger partial charge in [0.15, 0.2) is 5.72 Å². The SMILES string of the molecule is CO[C@@](N)(c1ccc(C=O)cc1)[C@@H](O)C1CCCCC1. The summed E-state index contributed by atoms with van der Waals surface area (Å²) in [5.74, 6) is 0.166. The van der Waals surface area contributed by atoms with E-state index in [1.54, 1.807) is 24.3 Å². The lowest BCUT2D eigenvalue weighted by Crippen LogP contribution is -2.53. The standard InChI is InChI=1S/C16H23NO3/c1-20-16(17,14-9-7-12(11-18)8-10-14)15(19)13-5-3-2-4-6-13/h7-11,13,15,19H,2-6,17H2,1H3/t15-,16-/m0/s1. The molecule has 0 unspecified atom stereocenters. The lowest BCUT2D eigenvalue weighted by molar-refractivity contribution is -0.132. The number of nitrogens with two attached hydrogens (primary N) is 1. The van der Waals surface area contributed by atoms with E-state index in [9.17, 15) is 9.90 Å². The molecule has 110 valence electrons. The number of aliphatic hydroxyl groups excluding tert-OH is 1. The van der Waals surface area contributed by atoms with Gasteiger partial charge in [-0.15, -0.1) is 0 Å². The number of ether oxygens (including phenoxy) is 1. The summed E-state index contributed by atoms with van der Waals surface area (Å²) in [6.45, 7) is 0. The quantitative estimate of drug-likeness (QED) is 0.639. The molecule has 0 amide bonds. The number of benzene rings is 1. The number of methoxy groups -OCH3 is 1. The van der Waals surface area contributed by atoms with Crippen LogP contribution in [0.5, 0.6) is 0 Å². The molecule has 0 aliphatic heterocycles. The molecule has 0 radical (unpaired) electrons. The predicted octanol–water partition coefficient (Wildman–Crippen LogP) is 2.20. The summed E-state index contributed by atoms with van der Waals surface area (Å²) in [6, 6.07) is 6.88. The van der Waals surface area contributed by atoms with Gasteiger partial charge in [0.25, 0.3) is 0 Å². The first-order chi connectivity index (χ1) is 9.61. The number of aliphatic hydroxyl groups is 1. The van der Waals surface area contributed by atoms with Crippen molar-refractivity contribution in [2.75, 3.05) is 7.11 Å². The Bertz CT molecular complexity index is 440. The summed E-state index contributed by atoms with van der Waals surface area (Å²) >= 11 is 0. The molecule has 4 heteroatoms. The first-order valence-electron chi connectivity index (χ1n) is 7.19. The molecule has 0 bridgehead atoms. The van der Waals surface area contributed by atoms with Gasteiger partial charge in [0, 0.05) is 18.2 Å². The first kappa shape index (κ1) is 15.2. The maximum atomic E-state index is 10.7. The van der Waals surface area contributed by atoms with Gasteiger partial charge < -0.3 is 9.84 Å². The van der Waals surface area contributed by atoms with Crippen LogP contribution in [-0.2, 0) is 10.5 Å². The summed E-state index contributed by atoms with van der Waals surface area (Å²) in [5.41, 5.74) is 6.39. The van der Waals surface area contributed by atoms with Crippen LogP contribution in [0.15, 0.2) is 24.3 Å². The Morgan fingerprint density at radius 3 is 2.40 bits per heavy atom. The van der Waals surface area contributed by atoms with Crippen molar-refractivity contribution < 1.29 is 14.6 Å². The van der Waals surface area contributed by atoms with Gasteiger partial charge in [0.1, 0.15) is 12.4 Å². The molecule has 1 aromatic carbocycles. The van der Waals surface area contributed by atoms with Gasteiger partial charge >= 0.3 is 0 Å². The Hall–Kier alpha value is -1.23. The largest absolute Gasteiger partial charge is 0.388 e. The van der Waals surface area contributed by atoms with Crippen molar-refractivity contribution in [3.8, 4) is 0 Å². The Kier molecular flexibility index (Phi) is 4.91. The van der Waals surface area contributed by atoms with E-state index in [4.69, 9.17) is 10.5 Å². The summed E-state index contributed by atoms with van der Waals surface area (Å²) < 4.78 is 5.45. The van der Waals surface area contributed by atoms with Gasteiger partial charge in [0.2, 0.25) is 0 Å². The van der Waals surface area contributed by atoms with Gasteiger partial charge in [-0.05, 0) is 18.8 Å². The van der Waals surface area contributed by atoms with E-state index in [2.05, 4.69) is 0 Å². The molecule has 0 saturated heterocycles. The van der Waals surface area contributed by atoms with Crippen LogP contribution in [0.2, 0.25) is 0 Å². The first-order valence-corrected chi connectivity index (χ1v) is 7.19. The van der Waals surface area contributed by atoms with Crippen LogP contribution < -0.4 is 5.73 Å². The van der Waals surface area contributed by atoms with E-state index < -0.39 is 11.8 Å². The molecule has 1 aliphatic carbocycles. The van der Waals surface area contributed by atoms with Crippen LogP contribution in [0.4, 0.5) is 0 Å². The second-order valence-corrected chi connectivity index (χ2v) is 5.58. The van der Waals surface area contributed by atoms with Crippen molar-refractivity contribution in [1.29, 1.82) is 0 Å². The van der Waals surface area contributed by atoms with Crippen LogP contribution in [0, 0.1) is 5.92 Å². The Morgan fingerprint density at radius 1 is 1.30 bits per heavy atom. The molecule has 1 saturated carbocycles. The third-order valence-corrected chi connectivity index (χ3v) is 4.37. The zero-order chi connectivity index (χ0) is 14.6. The highest BCUT2D eigenvalue weighted by Crippen LogP contribution is 2.35. The molecule has 3 N–H and O–H groups in total. The lowest BCUT2D eigenvalue weighted by atomic mass is 9.79. The van der Waals surface area contributed by atoms with E-state index in [0.717, 1.165) is 32.0 Å². The van der Waals surface area contributed by atoms with Crippen molar-refractivity contribution in [2.45, 2.75) is 43.9 Å². The number of aldehydes is 1. The molecule has 0 spiro atoms. The van der Waals surface area contributed by atoms with Crippen molar-refractivity contribution in [3.05, 3.63) is 35.4 Å². The minimum Gasteiger partial charge on any atom is -0.388 e. The molecule has 1 fully saturated rings. The average Bonchev–Trinajstić information content (AvgIpc) is 2.54. The molecular weight excluding hydrogens is 254 g/mol. The second kappa shape index (κ2) is 6.48. The highest BCUT2D eigenvalue weighted by atomic mass is 16.5. The zero-order valence-corrected chi connectivity index (χ0v) is 11.9. The Balaban J connectivity index is 2.23. The normalized spacial score (nSPS) is 21.1. The molecule has 1 aliphatic rings. The average molecular weight is 277 g/mol. The molecule has 2 rings (SSSR count). The van der Waals surface area contributed by atoms with Gasteiger partial charge in [-0.2, -0.15) is 0 Å². The van der Waals surface area contributed by atoms with Crippen molar-refractivity contribution in [3.63, 3.8) is 0 Å². The topological polar surface area (TPSA) is 72.5 Å². The number of carbonyl (C=O) groups is 1. The fourth-order valence-corrected chi connectivity index (χ4v) is 3.03. The van der Waals surface area contributed by atoms with E-state index in [1.807, 2.05) is 0 Å². The van der Waals surface area contributed by atoms with Crippen LogP contribution in [0.1, 0.15) is 48.0 Å². The smallest absolute Gasteiger partial charge is 0.168 e. The maximum absolute atomic E-state index is 10.7. The third-order valence-electron chi connectivity index (χ3n) is 4.37. The monoisotopic (exact) mass is 277 g/mol. The van der Waals surface area contributed by atoms with Crippen LogP contribution in [0.3, 0.4) is 0 Å². The highest BCUT2D eigenvalue weighted by Gasteiger charge is 2.40. The lowest BCUT2D eigenvalue weighted by Gasteiger charge is -2.39. The van der Waals surface area contributed by atoms with Gasteiger partial charge in [-0.3, -0.25) is 10.5 Å². The number of carbonyl (C=O) groups excluding carboxylic acids is 1. The minimum absolute atomic E-state index is 0.166. The summed E-state index contributed by atoms with van der Waals surface area (Å²) in [7, 11) is 1.51. The number of hydrogen-bond donors (Lipinski definition) is 2. The van der Waals surface area contributed by atoms with E-state index in [0.29, 0.717) is 11.1 Å². The van der Waals surface area contributed by atoms with Crippen molar-refractivity contribution in [2.24, 2.45) is 11.7 Å². The van der Waals surface area contributed by atoms with Gasteiger partial charge in [-0.1, -0.05) is 43.5 Å². The van der Waals surface area contributed by atoms with Gasteiger partial charge in [0.05, 0.1) is 0 Å². The molecule has 20 heavy (non-hydrogen) atoms. The summed E-state index contributed by atoms with van der Waals surface area (Å²) in [4.78, 5) is 10.7. The van der Waals surface area contributed by atoms with Gasteiger partial charge in [-0.25, -0.2) is 0 Å². The second-order valence-electron chi connectivity index (χ2n) is 5.58. The molecule has 0 heterocycles. The number of rotatable bonds is 5. The minimum atomic E-state index is -1.22. The summed E-state index contributed by atoms with van der Waals surface area (Å²) in [5, 5.41) is 10.7. The Morgan fingerprint density at radius 2 is 1.90 bits per heavy atom. The van der Waals surface area contributed by atoms with Crippen molar-refractivity contribution >= 4 is 6.29 Å². The number of hydrogen-bond acceptors (Lipinski definition) is 4. The molecular formula is C16H23NO3. The molecule has 0 aromatic heterocycles. The molecule has 4 nitrogen and oxygen atoms in total. The van der Waals surface area contributed by atoms with Crippen molar-refractivity contribution in [1.82, 2.24) is 0 Å². The predicted molar refractivity (Wildman–Crippen MR) is 77.3 cm³/mol. The fourth-order valence-electron chi connectivity index (χ4n) is 3.03. The van der Waals surface area contributed by atoms with E-state index in [1.165, 1.54) is 13.5 Å². The third kappa shape index (κ3) is 2.92. The van der Waals surface area contributed by atoms with E-state index >= 15 is 0 Å². The zero-order valence-electron chi connectivity index (χ0n) is 11.9. The maximum Gasteiger partial charge on any atom is 0.168 e. The van der Waals surface area contributed by atoms with E-state index in [-0.39, 0.29) is 5.92 Å². The molecule has 2 atom stereocenters. The summed E-state index contributed by atoms with van der Waals surface area (Å²) in [6.07, 6.45) is 5.49. The Labute approximate surface area is 119 Å². The highest BCUT2D eigenvalue weighted by molar-refractivity contribution is 5.74. The van der Waals surface area contributed by atoms with Crippen LogP contribution >= 0.6 is 0 Å². The van der Waals surface area contributed by atoms with Crippen LogP contribution in [0.25, 0.3) is 0 Å². The van der Waals surface area contributed by atoms with Crippen LogP contribution in [-0.4, -0.2) is 24.6 Å². The molecule has 1 aromatic rings. The fraction of sp³-hybridized carbons (Fsp3) is 0.562.